The van der Waals surface area contributed by atoms with E-state index in [2.05, 4.69) is 48.4 Å². The number of hydrogen-bond donors (Lipinski definition) is 2. The molecule has 1 heterocycles. The lowest BCUT2D eigenvalue weighted by molar-refractivity contribution is 0.636. The molecule has 7 heteroatoms. The van der Waals surface area contributed by atoms with E-state index >= 15 is 0 Å². The predicted molar refractivity (Wildman–Crippen MR) is 121 cm³/mol. The molecule has 2 aromatic rings. The van der Waals surface area contributed by atoms with E-state index in [1.807, 2.05) is 36.0 Å². The maximum atomic E-state index is 6.04. The van der Waals surface area contributed by atoms with E-state index in [1.54, 1.807) is 0 Å². The van der Waals surface area contributed by atoms with Crippen molar-refractivity contribution < 1.29 is 0 Å². The summed E-state index contributed by atoms with van der Waals surface area (Å²) in [5, 5.41) is 12.0. The summed E-state index contributed by atoms with van der Waals surface area (Å²) in [5.41, 5.74) is 4.70. The summed E-state index contributed by atoms with van der Waals surface area (Å²) in [6.07, 6.45) is 0.910. The van der Waals surface area contributed by atoms with Crippen LogP contribution < -0.4 is 10.6 Å². The molecule has 1 unspecified atom stereocenters. The van der Waals surface area contributed by atoms with Crippen molar-refractivity contribution in [3.63, 3.8) is 0 Å². The Kier molecular flexibility index (Phi) is 9.43. The van der Waals surface area contributed by atoms with Gasteiger partial charge in [-0.2, -0.15) is 5.10 Å². The maximum absolute atomic E-state index is 6.04. The van der Waals surface area contributed by atoms with Gasteiger partial charge in [-0.1, -0.05) is 23.7 Å². The molecule has 2 rings (SSSR count). The van der Waals surface area contributed by atoms with E-state index in [4.69, 9.17) is 11.6 Å². The summed E-state index contributed by atoms with van der Waals surface area (Å²) in [5.74, 6) is 0.814. The average Bonchev–Trinajstić information content (AvgIpc) is 2.79. The summed E-state index contributed by atoms with van der Waals surface area (Å²) in [7, 11) is 1.99. The Labute approximate surface area is 178 Å². The topological polar surface area (TPSA) is 54.2 Å². The Hall–Kier alpha value is -1.28. The van der Waals surface area contributed by atoms with Crippen LogP contribution in [0.3, 0.4) is 0 Å². The molecule has 1 aromatic heterocycles. The van der Waals surface area contributed by atoms with E-state index in [0.29, 0.717) is 6.54 Å². The Morgan fingerprint density at radius 1 is 1.35 bits per heavy atom. The van der Waals surface area contributed by atoms with Gasteiger partial charge in [-0.05, 0) is 57.4 Å². The Balaban J connectivity index is 0.00000338. The van der Waals surface area contributed by atoms with E-state index in [-0.39, 0.29) is 30.0 Å². The molecule has 26 heavy (non-hydrogen) atoms. The predicted octanol–water partition coefficient (Wildman–Crippen LogP) is 3.99. The highest BCUT2D eigenvalue weighted by Crippen LogP contribution is 2.14. The second kappa shape index (κ2) is 10.8. The third-order valence-electron chi connectivity index (χ3n) is 4.21. The minimum Gasteiger partial charge on any atom is -0.357 e. The fraction of sp³-hybridized carbons (Fsp3) is 0.474. The van der Waals surface area contributed by atoms with Crippen LogP contribution >= 0.6 is 35.6 Å². The van der Waals surface area contributed by atoms with Crippen molar-refractivity contribution in [1.82, 2.24) is 20.4 Å². The number of aliphatic imine (C=N–C) groups is 1. The number of hydrogen-bond acceptors (Lipinski definition) is 2. The van der Waals surface area contributed by atoms with E-state index in [9.17, 15) is 0 Å². The molecule has 0 saturated heterocycles. The van der Waals surface area contributed by atoms with Gasteiger partial charge in [0, 0.05) is 30.4 Å². The first-order valence-corrected chi connectivity index (χ1v) is 9.06. The summed E-state index contributed by atoms with van der Waals surface area (Å²) in [6, 6.07) is 8.05. The minimum atomic E-state index is 0. The largest absolute Gasteiger partial charge is 0.357 e. The lowest BCUT2D eigenvalue weighted by Gasteiger charge is -2.18. The zero-order valence-electron chi connectivity index (χ0n) is 16.1. The molecule has 0 aliphatic heterocycles. The van der Waals surface area contributed by atoms with Gasteiger partial charge in [0.1, 0.15) is 0 Å². The minimum absolute atomic E-state index is 0. The number of halogens is 2. The van der Waals surface area contributed by atoms with Crippen LogP contribution in [0.5, 0.6) is 0 Å². The summed E-state index contributed by atoms with van der Waals surface area (Å²) in [6.45, 7) is 9.81. The molecule has 5 nitrogen and oxygen atoms in total. The molecule has 0 amide bonds. The van der Waals surface area contributed by atoms with Gasteiger partial charge in [0.05, 0.1) is 12.2 Å². The van der Waals surface area contributed by atoms with E-state index in [0.717, 1.165) is 35.2 Å². The van der Waals surface area contributed by atoms with Crippen molar-refractivity contribution in [1.29, 1.82) is 0 Å². The van der Waals surface area contributed by atoms with Crippen LogP contribution in [-0.2, 0) is 20.0 Å². The second-order valence-corrected chi connectivity index (χ2v) is 6.78. The average molecular weight is 490 g/mol. The zero-order valence-corrected chi connectivity index (χ0v) is 19.2. The van der Waals surface area contributed by atoms with Gasteiger partial charge in [-0.25, -0.2) is 4.99 Å². The van der Waals surface area contributed by atoms with Crippen molar-refractivity contribution >= 4 is 41.5 Å². The maximum Gasteiger partial charge on any atom is 0.191 e. The van der Waals surface area contributed by atoms with Gasteiger partial charge in [-0.3, -0.25) is 4.68 Å². The first kappa shape index (κ1) is 22.8. The third-order valence-corrected chi connectivity index (χ3v) is 4.44. The third kappa shape index (κ3) is 6.46. The molecule has 0 aliphatic rings. The number of aromatic nitrogens is 2. The number of aryl methyl sites for hydroxylation is 2. The first-order valence-electron chi connectivity index (χ1n) is 8.69. The van der Waals surface area contributed by atoms with Gasteiger partial charge in [0.2, 0.25) is 0 Å². The summed E-state index contributed by atoms with van der Waals surface area (Å²) in [4.78, 5) is 4.67. The second-order valence-electron chi connectivity index (χ2n) is 6.35. The van der Waals surface area contributed by atoms with Crippen LogP contribution in [-0.4, -0.2) is 28.3 Å². The molecular formula is C19H29ClIN5. The summed E-state index contributed by atoms with van der Waals surface area (Å²) >= 11 is 6.04. The van der Waals surface area contributed by atoms with Gasteiger partial charge in [-0.15, -0.1) is 24.0 Å². The van der Waals surface area contributed by atoms with Crippen LogP contribution in [0.2, 0.25) is 5.02 Å². The molecule has 1 aromatic carbocycles. The molecular weight excluding hydrogens is 461 g/mol. The number of benzene rings is 1. The van der Waals surface area contributed by atoms with Crippen molar-refractivity contribution in [2.75, 3.05) is 6.54 Å². The zero-order chi connectivity index (χ0) is 18.4. The molecule has 0 radical (unpaired) electrons. The molecule has 0 spiro atoms. The van der Waals surface area contributed by atoms with Gasteiger partial charge >= 0.3 is 0 Å². The van der Waals surface area contributed by atoms with Crippen molar-refractivity contribution in [2.45, 2.75) is 46.7 Å². The Bertz CT molecular complexity index is 742. The SMILES string of the molecule is CCNC(=NCc1cccc(Cl)c1)NC(C)Cc1c(C)nn(C)c1C.I. The quantitative estimate of drug-likeness (QED) is 0.366. The fourth-order valence-electron chi connectivity index (χ4n) is 2.83. The Morgan fingerprint density at radius 2 is 2.08 bits per heavy atom. The van der Waals surface area contributed by atoms with Crippen molar-refractivity contribution in [2.24, 2.45) is 12.0 Å². The highest BCUT2D eigenvalue weighted by Gasteiger charge is 2.14. The molecule has 0 saturated carbocycles. The lowest BCUT2D eigenvalue weighted by atomic mass is 10.1. The summed E-state index contributed by atoms with van der Waals surface area (Å²) < 4.78 is 1.94. The lowest BCUT2D eigenvalue weighted by Crippen LogP contribution is -2.43. The van der Waals surface area contributed by atoms with Crippen LogP contribution in [0.25, 0.3) is 0 Å². The van der Waals surface area contributed by atoms with Crippen molar-refractivity contribution in [3.8, 4) is 0 Å². The molecule has 0 fully saturated rings. The van der Waals surface area contributed by atoms with Gasteiger partial charge in [0.25, 0.3) is 0 Å². The normalized spacial score (nSPS) is 12.5. The van der Waals surface area contributed by atoms with Crippen LogP contribution in [0.15, 0.2) is 29.3 Å². The molecule has 1 atom stereocenters. The standard InChI is InChI=1S/C19H28ClN5.HI/c1-6-21-19(22-12-16-8-7-9-17(20)11-16)23-13(2)10-18-14(3)24-25(5)15(18)4;/h7-9,11,13H,6,10,12H2,1-5H3,(H2,21,22,23);1H. The number of guanidine groups is 1. The molecule has 0 bridgehead atoms. The smallest absolute Gasteiger partial charge is 0.191 e. The van der Waals surface area contributed by atoms with Crippen LogP contribution in [0, 0.1) is 13.8 Å². The number of nitrogens with zero attached hydrogens (tertiary/aromatic N) is 3. The number of nitrogens with one attached hydrogen (secondary N) is 2. The molecule has 144 valence electrons. The fourth-order valence-corrected chi connectivity index (χ4v) is 3.04. The highest BCUT2D eigenvalue weighted by molar-refractivity contribution is 14.0. The highest BCUT2D eigenvalue weighted by atomic mass is 127. The monoisotopic (exact) mass is 489 g/mol. The Morgan fingerprint density at radius 3 is 2.65 bits per heavy atom. The van der Waals surface area contributed by atoms with E-state index < -0.39 is 0 Å². The van der Waals surface area contributed by atoms with Crippen LogP contribution in [0.4, 0.5) is 0 Å². The van der Waals surface area contributed by atoms with Gasteiger partial charge in [0.15, 0.2) is 5.96 Å². The van der Waals surface area contributed by atoms with E-state index in [1.165, 1.54) is 11.3 Å². The van der Waals surface area contributed by atoms with Gasteiger partial charge < -0.3 is 10.6 Å². The van der Waals surface area contributed by atoms with Crippen molar-refractivity contribution in [3.05, 3.63) is 51.8 Å². The molecule has 0 aliphatic carbocycles. The number of rotatable bonds is 6. The van der Waals surface area contributed by atoms with Crippen LogP contribution in [0.1, 0.15) is 36.4 Å². The molecule has 2 N–H and O–H groups in total. The first-order chi connectivity index (χ1) is 11.9.